The summed E-state index contributed by atoms with van der Waals surface area (Å²) < 4.78 is 5.22. The molecule has 0 aliphatic carbocycles. The van der Waals surface area contributed by atoms with Crippen molar-refractivity contribution in [3.63, 3.8) is 0 Å². The lowest BCUT2D eigenvalue weighted by atomic mass is 10.3. The smallest absolute Gasteiger partial charge is 0.320 e. The fourth-order valence-corrected chi connectivity index (χ4v) is 2.51. The molecular weight excluding hydrogens is 236 g/mol. The number of nitrogens with zero attached hydrogens (tertiary/aromatic N) is 1. The predicted octanol–water partition coefficient (Wildman–Crippen LogP) is 0.739. The van der Waals surface area contributed by atoms with Gasteiger partial charge in [-0.1, -0.05) is 6.07 Å². The van der Waals surface area contributed by atoms with Crippen LogP contribution in [0.4, 0.5) is 0 Å². The summed E-state index contributed by atoms with van der Waals surface area (Å²) in [5, 5.41) is 5.30. The highest BCUT2D eigenvalue weighted by Crippen LogP contribution is 2.08. The van der Waals surface area contributed by atoms with Crippen molar-refractivity contribution < 1.29 is 9.53 Å². The average Bonchev–Trinajstić information content (AvgIpc) is 2.83. The van der Waals surface area contributed by atoms with Crippen LogP contribution in [-0.4, -0.2) is 50.2 Å². The molecule has 0 unspecified atom stereocenters. The Morgan fingerprint density at radius 2 is 2.29 bits per heavy atom. The summed E-state index contributed by atoms with van der Waals surface area (Å²) in [5.41, 5.74) is 0. The van der Waals surface area contributed by atoms with Gasteiger partial charge in [-0.15, -0.1) is 11.3 Å². The summed E-state index contributed by atoms with van der Waals surface area (Å²) in [6.07, 6.45) is 0.824. The van der Waals surface area contributed by atoms with Crippen molar-refractivity contribution in [2.45, 2.75) is 6.42 Å². The molecule has 0 bridgehead atoms. The van der Waals surface area contributed by atoms with Gasteiger partial charge in [-0.3, -0.25) is 9.69 Å². The van der Waals surface area contributed by atoms with Crippen LogP contribution in [0.15, 0.2) is 17.5 Å². The van der Waals surface area contributed by atoms with Crippen molar-refractivity contribution in [3.8, 4) is 0 Å². The molecule has 0 radical (unpaired) electrons. The topological polar surface area (TPSA) is 41.6 Å². The van der Waals surface area contributed by atoms with Gasteiger partial charge in [0.2, 0.25) is 0 Å². The van der Waals surface area contributed by atoms with Crippen molar-refractivity contribution in [2.24, 2.45) is 0 Å². The number of carbonyl (C=O) groups is 1. The first kappa shape index (κ1) is 12.5. The molecule has 1 saturated heterocycles. The van der Waals surface area contributed by atoms with Crippen LogP contribution in [0.3, 0.4) is 0 Å². The van der Waals surface area contributed by atoms with Crippen LogP contribution >= 0.6 is 11.3 Å². The third-order valence-corrected chi connectivity index (χ3v) is 3.69. The van der Waals surface area contributed by atoms with Gasteiger partial charge in [0.05, 0.1) is 13.2 Å². The fourth-order valence-electron chi connectivity index (χ4n) is 1.82. The molecule has 1 aliphatic heterocycles. The van der Waals surface area contributed by atoms with E-state index in [0.29, 0.717) is 13.2 Å². The second-order valence-corrected chi connectivity index (χ2v) is 5.11. The van der Waals surface area contributed by atoms with E-state index in [1.165, 1.54) is 4.88 Å². The number of esters is 1. The van der Waals surface area contributed by atoms with E-state index in [1.54, 1.807) is 11.3 Å². The Balaban J connectivity index is 1.60. The number of rotatable bonds is 5. The molecule has 4 nitrogen and oxygen atoms in total. The highest BCUT2D eigenvalue weighted by Gasteiger charge is 2.14. The van der Waals surface area contributed by atoms with Gasteiger partial charge >= 0.3 is 5.97 Å². The number of nitrogens with one attached hydrogen (secondary N) is 1. The molecular formula is C12H18N2O2S. The third-order valence-electron chi connectivity index (χ3n) is 2.75. The molecule has 0 atom stereocenters. The number of hydrogen-bond acceptors (Lipinski definition) is 5. The van der Waals surface area contributed by atoms with Gasteiger partial charge < -0.3 is 10.1 Å². The predicted molar refractivity (Wildman–Crippen MR) is 68.3 cm³/mol. The Labute approximate surface area is 106 Å². The van der Waals surface area contributed by atoms with E-state index in [9.17, 15) is 4.79 Å². The molecule has 94 valence electrons. The molecule has 17 heavy (non-hydrogen) atoms. The quantitative estimate of drug-likeness (QED) is 0.787. The Kier molecular flexibility index (Phi) is 4.97. The lowest BCUT2D eigenvalue weighted by Gasteiger charge is -2.25. The summed E-state index contributed by atoms with van der Waals surface area (Å²) in [5.74, 6) is -0.108. The molecule has 1 aromatic rings. The second-order valence-electron chi connectivity index (χ2n) is 4.08. The first-order valence-electron chi connectivity index (χ1n) is 5.95. The van der Waals surface area contributed by atoms with Crippen LogP contribution in [0, 0.1) is 0 Å². The number of piperazine rings is 1. The lowest BCUT2D eigenvalue weighted by molar-refractivity contribution is -0.145. The number of carbonyl (C=O) groups excluding carboxylic acids is 1. The SMILES string of the molecule is O=C(CN1CCNCC1)OCCc1cccs1. The maximum atomic E-state index is 11.6. The van der Waals surface area contributed by atoms with E-state index in [4.69, 9.17) is 4.74 Å². The molecule has 1 aromatic heterocycles. The Morgan fingerprint density at radius 3 is 3.00 bits per heavy atom. The molecule has 0 saturated carbocycles. The first-order chi connectivity index (χ1) is 8.34. The van der Waals surface area contributed by atoms with Crippen LogP contribution in [0.1, 0.15) is 4.88 Å². The lowest BCUT2D eigenvalue weighted by Crippen LogP contribution is -2.45. The minimum atomic E-state index is -0.108. The van der Waals surface area contributed by atoms with Crippen molar-refractivity contribution >= 4 is 17.3 Å². The Hall–Kier alpha value is -0.910. The molecule has 2 heterocycles. The molecule has 5 heteroatoms. The average molecular weight is 254 g/mol. The van der Waals surface area contributed by atoms with Gasteiger partial charge in [0, 0.05) is 37.5 Å². The Morgan fingerprint density at radius 1 is 1.47 bits per heavy atom. The van der Waals surface area contributed by atoms with Crippen molar-refractivity contribution in [1.82, 2.24) is 10.2 Å². The zero-order valence-corrected chi connectivity index (χ0v) is 10.7. The van der Waals surface area contributed by atoms with Crippen molar-refractivity contribution in [1.29, 1.82) is 0 Å². The van der Waals surface area contributed by atoms with E-state index in [0.717, 1.165) is 32.6 Å². The highest BCUT2D eigenvalue weighted by atomic mass is 32.1. The molecule has 1 aliphatic rings. The van der Waals surface area contributed by atoms with Gasteiger partial charge in [0.25, 0.3) is 0 Å². The second kappa shape index (κ2) is 6.74. The minimum Gasteiger partial charge on any atom is -0.464 e. The zero-order chi connectivity index (χ0) is 11.9. The number of thiophene rings is 1. The summed E-state index contributed by atoms with van der Waals surface area (Å²) in [6.45, 7) is 4.70. The fraction of sp³-hybridized carbons (Fsp3) is 0.583. The van der Waals surface area contributed by atoms with Gasteiger partial charge in [-0.25, -0.2) is 0 Å². The minimum absolute atomic E-state index is 0.108. The largest absolute Gasteiger partial charge is 0.464 e. The van der Waals surface area contributed by atoms with E-state index >= 15 is 0 Å². The third kappa shape index (κ3) is 4.46. The van der Waals surface area contributed by atoms with Crippen LogP contribution in [-0.2, 0) is 16.0 Å². The summed E-state index contributed by atoms with van der Waals surface area (Å²) in [4.78, 5) is 15.0. The van der Waals surface area contributed by atoms with Crippen molar-refractivity contribution in [2.75, 3.05) is 39.3 Å². The molecule has 0 amide bonds. The zero-order valence-electron chi connectivity index (χ0n) is 9.85. The van der Waals surface area contributed by atoms with Crippen LogP contribution in [0.25, 0.3) is 0 Å². The summed E-state index contributed by atoms with van der Waals surface area (Å²) in [6, 6.07) is 4.08. The van der Waals surface area contributed by atoms with E-state index in [1.807, 2.05) is 11.4 Å². The van der Waals surface area contributed by atoms with E-state index in [-0.39, 0.29) is 5.97 Å². The first-order valence-corrected chi connectivity index (χ1v) is 6.83. The van der Waals surface area contributed by atoms with Crippen molar-refractivity contribution in [3.05, 3.63) is 22.4 Å². The molecule has 2 rings (SSSR count). The van der Waals surface area contributed by atoms with E-state index in [2.05, 4.69) is 16.3 Å². The molecule has 1 N–H and O–H groups in total. The van der Waals surface area contributed by atoms with Gasteiger partial charge in [-0.05, 0) is 11.4 Å². The van der Waals surface area contributed by atoms with Gasteiger partial charge in [0.1, 0.15) is 0 Å². The standard InChI is InChI=1S/C12H18N2O2S/c15-12(10-14-6-4-13-5-7-14)16-8-3-11-2-1-9-17-11/h1-2,9,13H,3-8,10H2. The number of hydrogen-bond donors (Lipinski definition) is 1. The maximum Gasteiger partial charge on any atom is 0.320 e. The normalized spacial score (nSPS) is 16.9. The van der Waals surface area contributed by atoms with E-state index < -0.39 is 0 Å². The Bertz CT molecular complexity index is 334. The number of ether oxygens (including phenoxy) is 1. The van der Waals surface area contributed by atoms with Gasteiger partial charge in [-0.2, -0.15) is 0 Å². The molecule has 1 fully saturated rings. The van der Waals surface area contributed by atoms with Crippen LogP contribution in [0.2, 0.25) is 0 Å². The van der Waals surface area contributed by atoms with Crippen LogP contribution in [0.5, 0.6) is 0 Å². The molecule has 0 aromatic carbocycles. The summed E-state index contributed by atoms with van der Waals surface area (Å²) in [7, 11) is 0. The van der Waals surface area contributed by atoms with Gasteiger partial charge in [0.15, 0.2) is 0 Å². The van der Waals surface area contributed by atoms with Crippen LogP contribution < -0.4 is 5.32 Å². The monoisotopic (exact) mass is 254 g/mol. The molecule has 0 spiro atoms. The maximum absolute atomic E-state index is 11.6. The summed E-state index contributed by atoms with van der Waals surface area (Å²) >= 11 is 1.70. The highest BCUT2D eigenvalue weighted by molar-refractivity contribution is 7.09.